The summed E-state index contributed by atoms with van der Waals surface area (Å²) in [5.41, 5.74) is 3.36. The average molecular weight is 486 g/mol. The van der Waals surface area contributed by atoms with Crippen molar-refractivity contribution >= 4 is 0 Å². The summed E-state index contributed by atoms with van der Waals surface area (Å²) in [6, 6.07) is 4.90. The maximum Gasteiger partial charge on any atom is 0.0462 e. The maximum absolute atomic E-state index is 5.22. The number of pyridine rings is 1. The van der Waals surface area contributed by atoms with Gasteiger partial charge in [0.1, 0.15) is 0 Å². The van der Waals surface area contributed by atoms with Gasteiger partial charge in [0, 0.05) is 17.3 Å². The van der Waals surface area contributed by atoms with Crippen LogP contribution in [0.1, 0.15) is 188 Å². The minimum atomic E-state index is 0.233. The third-order valence-corrected chi connectivity index (χ3v) is 8.66. The quantitative estimate of drug-likeness (QED) is 0.140. The molecule has 0 aliphatic rings. The highest BCUT2D eigenvalue weighted by Crippen LogP contribution is 2.38. The number of aromatic nitrogens is 1. The first-order valence-corrected chi connectivity index (χ1v) is 15.9. The van der Waals surface area contributed by atoms with E-state index in [0.29, 0.717) is 0 Å². The molecule has 0 saturated heterocycles. The van der Waals surface area contributed by atoms with E-state index in [4.69, 9.17) is 4.98 Å². The van der Waals surface area contributed by atoms with Gasteiger partial charge in [0.05, 0.1) is 0 Å². The molecule has 1 aromatic rings. The molecule has 1 unspecified atom stereocenters. The van der Waals surface area contributed by atoms with Gasteiger partial charge in [0.15, 0.2) is 0 Å². The Kier molecular flexibility index (Phi) is 17.7. The van der Waals surface area contributed by atoms with Gasteiger partial charge in [0.2, 0.25) is 0 Å². The molecule has 1 heterocycles. The SMILES string of the molecule is CCCCCCCC(C)(CCCCCC)c1ccc(C(C)(CCCCCC)CCCCCC)cn1. The normalized spacial score (nSPS) is 13.8. The van der Waals surface area contributed by atoms with Gasteiger partial charge in [-0.05, 0) is 42.7 Å². The first-order valence-electron chi connectivity index (χ1n) is 15.9. The molecule has 1 rings (SSSR count). The molecule has 1 aromatic heterocycles. The molecule has 0 aromatic carbocycles. The van der Waals surface area contributed by atoms with Crippen molar-refractivity contribution in [2.75, 3.05) is 0 Å². The molecule has 0 radical (unpaired) electrons. The van der Waals surface area contributed by atoms with Crippen LogP contribution in [-0.4, -0.2) is 4.98 Å². The molecule has 0 amide bonds. The fourth-order valence-corrected chi connectivity index (χ4v) is 5.85. The van der Waals surface area contributed by atoms with Gasteiger partial charge in [0.25, 0.3) is 0 Å². The molecule has 0 saturated carbocycles. The van der Waals surface area contributed by atoms with E-state index < -0.39 is 0 Å². The summed E-state index contributed by atoms with van der Waals surface area (Å²) < 4.78 is 0. The van der Waals surface area contributed by atoms with Crippen molar-refractivity contribution in [1.82, 2.24) is 4.98 Å². The van der Waals surface area contributed by atoms with Crippen LogP contribution in [-0.2, 0) is 10.8 Å². The molecule has 0 fully saturated rings. The van der Waals surface area contributed by atoms with Crippen LogP contribution in [0.25, 0.3) is 0 Å². The lowest BCUT2D eigenvalue weighted by Crippen LogP contribution is -2.26. The van der Waals surface area contributed by atoms with Crippen LogP contribution in [0.5, 0.6) is 0 Å². The van der Waals surface area contributed by atoms with E-state index in [1.54, 1.807) is 0 Å². The number of hydrogen-bond donors (Lipinski definition) is 0. The third-order valence-electron chi connectivity index (χ3n) is 8.66. The predicted molar refractivity (Wildman–Crippen MR) is 159 cm³/mol. The topological polar surface area (TPSA) is 12.9 Å². The second-order valence-corrected chi connectivity index (χ2v) is 12.1. The highest BCUT2D eigenvalue weighted by molar-refractivity contribution is 5.26. The highest BCUT2D eigenvalue weighted by Gasteiger charge is 2.30. The first kappa shape index (κ1) is 32.2. The average Bonchev–Trinajstić information content (AvgIpc) is 2.87. The van der Waals surface area contributed by atoms with Crippen molar-refractivity contribution in [1.29, 1.82) is 0 Å². The Balaban J connectivity index is 2.96. The van der Waals surface area contributed by atoms with Gasteiger partial charge in [-0.1, -0.05) is 157 Å². The van der Waals surface area contributed by atoms with Crippen molar-refractivity contribution in [3.8, 4) is 0 Å². The molecule has 1 nitrogen and oxygen atoms in total. The highest BCUT2D eigenvalue weighted by atomic mass is 14.7. The molecule has 1 atom stereocenters. The summed E-state index contributed by atoms with van der Waals surface area (Å²) in [5.74, 6) is 0. The van der Waals surface area contributed by atoms with Crippen molar-refractivity contribution < 1.29 is 0 Å². The monoisotopic (exact) mass is 485 g/mol. The molecule has 1 heteroatoms. The van der Waals surface area contributed by atoms with E-state index in [1.165, 1.54) is 146 Å². The van der Waals surface area contributed by atoms with Crippen molar-refractivity contribution in [3.63, 3.8) is 0 Å². The lowest BCUT2D eigenvalue weighted by Gasteiger charge is -2.33. The molecule has 0 N–H and O–H groups in total. The van der Waals surface area contributed by atoms with E-state index in [9.17, 15) is 0 Å². The summed E-state index contributed by atoms with van der Waals surface area (Å²) in [6.07, 6.45) is 30.6. The fraction of sp³-hybridized carbons (Fsp3) is 0.853. The van der Waals surface area contributed by atoms with E-state index in [1.807, 2.05) is 0 Å². The Bertz CT molecular complexity index is 592. The van der Waals surface area contributed by atoms with Crippen LogP contribution in [0.2, 0.25) is 0 Å². The minimum Gasteiger partial charge on any atom is -0.260 e. The molecule has 0 spiro atoms. The zero-order valence-corrected chi connectivity index (χ0v) is 25.0. The Hall–Kier alpha value is -0.850. The minimum absolute atomic E-state index is 0.233. The van der Waals surface area contributed by atoms with Crippen LogP contribution in [0, 0.1) is 0 Å². The molecule has 0 bridgehead atoms. The molecular formula is C34H63N. The Labute approximate surface area is 221 Å². The van der Waals surface area contributed by atoms with Crippen molar-refractivity contribution in [2.45, 2.75) is 187 Å². The molecule has 204 valence electrons. The van der Waals surface area contributed by atoms with Crippen LogP contribution < -0.4 is 0 Å². The predicted octanol–water partition coefficient (Wildman–Crippen LogP) is 11.9. The van der Waals surface area contributed by atoms with E-state index in [0.717, 1.165) is 0 Å². The maximum atomic E-state index is 5.22. The summed E-state index contributed by atoms with van der Waals surface area (Å²) in [5, 5.41) is 0. The molecule has 0 aliphatic carbocycles. The van der Waals surface area contributed by atoms with Gasteiger partial charge in [-0.15, -0.1) is 0 Å². The van der Waals surface area contributed by atoms with E-state index in [2.05, 4.69) is 59.9 Å². The van der Waals surface area contributed by atoms with Gasteiger partial charge in [-0.25, -0.2) is 0 Å². The molecule has 35 heavy (non-hydrogen) atoms. The second-order valence-electron chi connectivity index (χ2n) is 12.1. The Morgan fingerprint density at radius 1 is 0.486 bits per heavy atom. The number of nitrogens with zero attached hydrogens (tertiary/aromatic N) is 1. The van der Waals surface area contributed by atoms with Gasteiger partial charge in [-0.2, -0.15) is 0 Å². The second kappa shape index (κ2) is 19.3. The van der Waals surface area contributed by atoms with Crippen LogP contribution in [0.15, 0.2) is 18.3 Å². The summed E-state index contributed by atoms with van der Waals surface area (Å²) >= 11 is 0. The van der Waals surface area contributed by atoms with Gasteiger partial charge < -0.3 is 0 Å². The zero-order chi connectivity index (χ0) is 25.8. The summed E-state index contributed by atoms with van der Waals surface area (Å²) in [6.45, 7) is 14.3. The van der Waals surface area contributed by atoms with Gasteiger partial charge >= 0.3 is 0 Å². The third kappa shape index (κ3) is 12.8. The largest absolute Gasteiger partial charge is 0.260 e. The molecule has 0 aliphatic heterocycles. The molecular weight excluding hydrogens is 422 g/mol. The first-order chi connectivity index (χ1) is 17.0. The zero-order valence-electron chi connectivity index (χ0n) is 25.0. The number of hydrogen-bond acceptors (Lipinski definition) is 1. The standard InChI is InChI=1S/C34H63N/c1-7-11-15-19-23-29-34(6,28-22-18-14-10-4)32-25-24-31(30-35-32)33(5,26-20-16-12-8-2)27-21-17-13-9-3/h24-25,30H,7-23,26-29H2,1-6H3. The number of rotatable bonds is 23. The van der Waals surface area contributed by atoms with Crippen LogP contribution >= 0.6 is 0 Å². The van der Waals surface area contributed by atoms with Crippen molar-refractivity contribution in [2.24, 2.45) is 0 Å². The Morgan fingerprint density at radius 3 is 1.23 bits per heavy atom. The number of unbranched alkanes of at least 4 members (excludes halogenated alkanes) is 13. The summed E-state index contributed by atoms with van der Waals surface area (Å²) in [4.78, 5) is 5.22. The van der Waals surface area contributed by atoms with Crippen LogP contribution in [0.3, 0.4) is 0 Å². The fourth-order valence-electron chi connectivity index (χ4n) is 5.85. The summed E-state index contributed by atoms with van der Waals surface area (Å²) in [7, 11) is 0. The van der Waals surface area contributed by atoms with E-state index >= 15 is 0 Å². The van der Waals surface area contributed by atoms with Gasteiger partial charge in [-0.3, -0.25) is 4.98 Å². The van der Waals surface area contributed by atoms with Crippen molar-refractivity contribution in [3.05, 3.63) is 29.6 Å². The smallest absolute Gasteiger partial charge is 0.0462 e. The van der Waals surface area contributed by atoms with E-state index in [-0.39, 0.29) is 10.8 Å². The lowest BCUT2D eigenvalue weighted by atomic mass is 9.73. The van der Waals surface area contributed by atoms with Crippen LogP contribution in [0.4, 0.5) is 0 Å². The Morgan fingerprint density at radius 2 is 0.857 bits per heavy atom. The lowest BCUT2D eigenvalue weighted by molar-refractivity contribution is 0.349.